The SMILES string of the molecule is C/C=C(\COC(=O)C1=C(/C=C\c2cccnc2)CS[C@H]2[C@H](NC(=O)C(=NO)c3csc(N)n3)C(=O)N12)C(=O)OCCC(C)C. The zero-order valence-electron chi connectivity index (χ0n) is 24.3. The van der Waals surface area contributed by atoms with Gasteiger partial charge < -0.3 is 25.7 Å². The fourth-order valence-corrected chi connectivity index (χ4v) is 6.07. The molecule has 0 aromatic carbocycles. The van der Waals surface area contributed by atoms with Crippen LogP contribution in [0.25, 0.3) is 6.08 Å². The van der Waals surface area contributed by atoms with Crippen LogP contribution in [0.1, 0.15) is 38.4 Å². The molecule has 2 aromatic heterocycles. The third kappa shape index (κ3) is 7.52. The molecule has 2 aromatic rings. The van der Waals surface area contributed by atoms with Gasteiger partial charge in [0.2, 0.25) is 0 Å². The molecule has 0 saturated carbocycles. The summed E-state index contributed by atoms with van der Waals surface area (Å²) in [5, 5.41) is 16.0. The number of nitrogens with two attached hydrogens (primary N) is 1. The molecule has 0 bridgehead atoms. The standard InChI is InChI=1S/C29H32N6O7S2/c1-4-18(27(38)41-11-9-16(2)3)13-42-28(39)23-19(8-7-17-6-5-10-31-12-17)14-43-26-22(25(37)35(23)26)33-24(36)21(34-40)20-15-44-29(30)32-20/h4-8,10,12,15-16,22,26,40H,9,11,13-14H2,1-3H3,(H2,30,32)(H,33,36)/b8-7-,18-4+,34-21?/t22-,26+/m1/s1. The highest BCUT2D eigenvalue weighted by Crippen LogP contribution is 2.41. The lowest BCUT2D eigenvalue weighted by molar-refractivity contribution is -0.152. The lowest BCUT2D eigenvalue weighted by Gasteiger charge is -2.49. The number of hydrogen-bond acceptors (Lipinski definition) is 13. The number of pyridine rings is 1. The second kappa shape index (κ2) is 14.8. The molecule has 0 unspecified atom stereocenters. The molecule has 232 valence electrons. The molecule has 2 aliphatic heterocycles. The number of oxime groups is 1. The van der Waals surface area contributed by atoms with Crippen LogP contribution < -0.4 is 11.1 Å². The zero-order chi connectivity index (χ0) is 31.8. The van der Waals surface area contributed by atoms with Gasteiger partial charge in [0.15, 0.2) is 10.8 Å². The van der Waals surface area contributed by atoms with Gasteiger partial charge >= 0.3 is 11.9 Å². The molecule has 15 heteroatoms. The molecule has 4 heterocycles. The van der Waals surface area contributed by atoms with Crippen LogP contribution in [0.2, 0.25) is 0 Å². The average molecular weight is 641 g/mol. The monoisotopic (exact) mass is 640 g/mol. The molecule has 0 radical (unpaired) electrons. The van der Waals surface area contributed by atoms with Gasteiger partial charge in [-0.05, 0) is 36.5 Å². The number of anilines is 1. The smallest absolute Gasteiger partial charge is 0.355 e. The topological polar surface area (TPSA) is 186 Å². The number of amides is 2. The summed E-state index contributed by atoms with van der Waals surface area (Å²) in [6, 6.07) is 2.58. The maximum absolute atomic E-state index is 13.5. The number of fused-ring (bicyclic) bond motifs is 1. The van der Waals surface area contributed by atoms with Crippen LogP contribution >= 0.6 is 23.1 Å². The molecule has 1 fully saturated rings. The summed E-state index contributed by atoms with van der Waals surface area (Å²) in [7, 11) is 0. The Hall–Kier alpha value is -4.50. The Bertz CT molecular complexity index is 1530. The van der Waals surface area contributed by atoms with Gasteiger partial charge in [0.05, 0.1) is 12.2 Å². The van der Waals surface area contributed by atoms with E-state index in [4.69, 9.17) is 15.2 Å². The highest BCUT2D eigenvalue weighted by atomic mass is 32.2. The number of allylic oxidation sites excluding steroid dienone is 2. The van der Waals surface area contributed by atoms with Gasteiger partial charge in [-0.15, -0.1) is 23.1 Å². The minimum atomic E-state index is -1.02. The van der Waals surface area contributed by atoms with Crippen molar-refractivity contribution < 1.29 is 33.9 Å². The van der Waals surface area contributed by atoms with Crippen molar-refractivity contribution in [3.05, 3.63) is 70.2 Å². The van der Waals surface area contributed by atoms with Crippen molar-refractivity contribution in [2.24, 2.45) is 11.1 Å². The van der Waals surface area contributed by atoms with Crippen molar-refractivity contribution >= 4 is 63.8 Å². The minimum absolute atomic E-state index is 0.00339. The first-order valence-electron chi connectivity index (χ1n) is 13.6. The maximum Gasteiger partial charge on any atom is 0.355 e. The van der Waals surface area contributed by atoms with Gasteiger partial charge in [0.1, 0.15) is 29.4 Å². The van der Waals surface area contributed by atoms with Crippen molar-refractivity contribution in [3.63, 3.8) is 0 Å². The van der Waals surface area contributed by atoms with Crippen LogP contribution in [0.15, 0.2) is 64.1 Å². The summed E-state index contributed by atoms with van der Waals surface area (Å²) in [6.07, 6.45) is 8.95. The number of thioether (sulfide) groups is 1. The first-order chi connectivity index (χ1) is 21.1. The number of hydrogen-bond donors (Lipinski definition) is 3. The molecular weight excluding hydrogens is 608 g/mol. The Balaban J connectivity index is 1.53. The third-order valence-corrected chi connectivity index (χ3v) is 8.59. The number of β-lactam (4-membered cyclic amide) rings is 1. The molecule has 13 nitrogen and oxygen atoms in total. The Kier molecular flexibility index (Phi) is 10.9. The summed E-state index contributed by atoms with van der Waals surface area (Å²) in [4.78, 5) is 61.6. The molecule has 44 heavy (non-hydrogen) atoms. The number of rotatable bonds is 12. The molecule has 2 amide bonds. The number of nitrogens with one attached hydrogen (secondary N) is 1. The minimum Gasteiger partial charge on any atom is -0.462 e. The maximum atomic E-state index is 13.5. The van der Waals surface area contributed by atoms with Crippen LogP contribution in [0, 0.1) is 5.92 Å². The van der Waals surface area contributed by atoms with Crippen molar-refractivity contribution in [1.82, 2.24) is 20.2 Å². The Morgan fingerprint density at radius 3 is 2.73 bits per heavy atom. The van der Waals surface area contributed by atoms with Crippen LogP contribution in [-0.2, 0) is 28.7 Å². The van der Waals surface area contributed by atoms with E-state index in [0.717, 1.165) is 16.9 Å². The number of carbonyl (C=O) groups excluding carboxylic acids is 4. The third-order valence-electron chi connectivity index (χ3n) is 6.62. The quantitative estimate of drug-likeness (QED) is 0.0773. The van der Waals surface area contributed by atoms with E-state index < -0.39 is 40.9 Å². The fourth-order valence-electron chi connectivity index (χ4n) is 4.20. The second-order valence-corrected chi connectivity index (χ2v) is 12.1. The number of ether oxygens (including phenoxy) is 2. The van der Waals surface area contributed by atoms with E-state index in [2.05, 4.69) is 20.4 Å². The van der Waals surface area contributed by atoms with E-state index >= 15 is 0 Å². The molecule has 4 N–H and O–H groups in total. The zero-order valence-corrected chi connectivity index (χ0v) is 25.9. The number of thiazole rings is 1. The Morgan fingerprint density at radius 2 is 2.09 bits per heavy atom. The van der Waals surface area contributed by atoms with Crippen molar-refractivity contribution in [3.8, 4) is 0 Å². The summed E-state index contributed by atoms with van der Waals surface area (Å²) >= 11 is 2.39. The number of nitrogens with zero attached hydrogens (tertiary/aromatic N) is 4. The van der Waals surface area contributed by atoms with Crippen molar-refractivity contribution in [2.75, 3.05) is 24.7 Å². The summed E-state index contributed by atoms with van der Waals surface area (Å²) in [6.45, 7) is 5.55. The highest BCUT2D eigenvalue weighted by molar-refractivity contribution is 8.00. The molecular formula is C29H32N6O7S2. The second-order valence-electron chi connectivity index (χ2n) is 10.1. The molecule has 1 saturated heterocycles. The van der Waals surface area contributed by atoms with Gasteiger partial charge in [0, 0.05) is 23.5 Å². The van der Waals surface area contributed by atoms with E-state index in [1.54, 1.807) is 37.5 Å². The molecule has 2 aliphatic rings. The Morgan fingerprint density at radius 1 is 1.30 bits per heavy atom. The van der Waals surface area contributed by atoms with Crippen molar-refractivity contribution in [1.29, 1.82) is 0 Å². The predicted molar refractivity (Wildman–Crippen MR) is 165 cm³/mol. The van der Waals surface area contributed by atoms with Gasteiger partial charge in [-0.25, -0.2) is 14.6 Å². The predicted octanol–water partition coefficient (Wildman–Crippen LogP) is 2.74. The van der Waals surface area contributed by atoms with E-state index in [1.165, 1.54) is 28.1 Å². The van der Waals surface area contributed by atoms with E-state index in [0.29, 0.717) is 23.7 Å². The number of esters is 2. The molecule has 0 spiro atoms. The number of nitrogen functional groups attached to an aromatic ring is 1. The van der Waals surface area contributed by atoms with E-state index in [1.807, 2.05) is 19.9 Å². The first kappa shape index (κ1) is 32.4. The van der Waals surface area contributed by atoms with Crippen LogP contribution in [0.3, 0.4) is 0 Å². The lowest BCUT2D eigenvalue weighted by Crippen LogP contribution is -2.71. The average Bonchev–Trinajstić information content (AvgIpc) is 3.44. The normalized spacial score (nSPS) is 18.7. The molecule has 2 atom stereocenters. The molecule has 0 aliphatic carbocycles. The van der Waals surface area contributed by atoms with E-state index in [9.17, 15) is 24.4 Å². The van der Waals surface area contributed by atoms with Crippen LogP contribution in [0.4, 0.5) is 5.13 Å². The Labute approximate surface area is 261 Å². The van der Waals surface area contributed by atoms with Gasteiger partial charge in [-0.2, -0.15) is 0 Å². The largest absolute Gasteiger partial charge is 0.462 e. The van der Waals surface area contributed by atoms with Crippen molar-refractivity contribution in [2.45, 2.75) is 38.6 Å². The summed E-state index contributed by atoms with van der Waals surface area (Å²) < 4.78 is 10.8. The number of aromatic nitrogens is 2. The van der Waals surface area contributed by atoms with Crippen LogP contribution in [-0.4, -0.2) is 79.9 Å². The summed E-state index contributed by atoms with van der Waals surface area (Å²) in [5.41, 5.74) is 6.73. The highest BCUT2D eigenvalue weighted by Gasteiger charge is 2.54. The lowest BCUT2D eigenvalue weighted by atomic mass is 10.0. The van der Waals surface area contributed by atoms with Crippen LogP contribution in [0.5, 0.6) is 0 Å². The van der Waals surface area contributed by atoms with Gasteiger partial charge in [0.25, 0.3) is 11.8 Å². The molecule has 4 rings (SSSR count). The van der Waals surface area contributed by atoms with Gasteiger partial charge in [-0.3, -0.25) is 19.5 Å². The van der Waals surface area contributed by atoms with E-state index in [-0.39, 0.29) is 35.3 Å². The first-order valence-corrected chi connectivity index (χ1v) is 15.6. The summed E-state index contributed by atoms with van der Waals surface area (Å²) in [5.74, 6) is -2.14. The fraction of sp³-hybridized carbons (Fsp3) is 0.345. The van der Waals surface area contributed by atoms with Gasteiger partial charge in [-0.1, -0.05) is 43.3 Å². The number of carbonyl (C=O) groups is 4.